The van der Waals surface area contributed by atoms with Crippen molar-refractivity contribution in [3.8, 4) is 11.3 Å². The van der Waals surface area contributed by atoms with Gasteiger partial charge in [-0.25, -0.2) is 18.2 Å². The maximum absolute atomic E-state index is 15.9. The maximum Gasteiger partial charge on any atom is 0.164 e. The highest BCUT2D eigenvalue weighted by Gasteiger charge is 2.34. The lowest BCUT2D eigenvalue weighted by Gasteiger charge is -2.33. The number of aromatic nitrogens is 4. The molecule has 1 atom stereocenters. The molecule has 4 heterocycles. The Morgan fingerprint density at radius 3 is 2.45 bits per heavy atom. The molecule has 1 aliphatic rings. The third-order valence-electron chi connectivity index (χ3n) is 8.08. The van der Waals surface area contributed by atoms with Crippen molar-refractivity contribution < 1.29 is 23.0 Å². The number of rotatable bonds is 5. The van der Waals surface area contributed by atoms with Gasteiger partial charge in [0.2, 0.25) is 0 Å². The first kappa shape index (κ1) is 26.5. The summed E-state index contributed by atoms with van der Waals surface area (Å²) < 4.78 is 55.6. The van der Waals surface area contributed by atoms with E-state index in [1.165, 1.54) is 12.1 Å². The fourth-order valence-electron chi connectivity index (χ4n) is 6.10. The summed E-state index contributed by atoms with van der Waals surface area (Å²) in [7, 11) is 1.89. The lowest BCUT2D eigenvalue weighted by atomic mass is 9.86. The van der Waals surface area contributed by atoms with Gasteiger partial charge < -0.3 is 19.0 Å². The van der Waals surface area contributed by atoms with Crippen LogP contribution in [0.4, 0.5) is 13.2 Å². The highest BCUT2D eigenvalue weighted by molar-refractivity contribution is 6.07. The van der Waals surface area contributed by atoms with Crippen molar-refractivity contribution >= 4 is 21.9 Å². The van der Waals surface area contributed by atoms with Crippen LogP contribution in [-0.2, 0) is 17.4 Å². The Balaban J connectivity index is 1.75. The molecule has 5 aromatic rings. The first-order valence-corrected chi connectivity index (χ1v) is 13.4. The summed E-state index contributed by atoms with van der Waals surface area (Å²) in [5, 5.41) is 11.1. The van der Waals surface area contributed by atoms with Crippen LogP contribution >= 0.6 is 0 Å². The summed E-state index contributed by atoms with van der Waals surface area (Å²) in [5.41, 5.74) is 3.09. The molecule has 208 valence electrons. The number of halogens is 3. The summed E-state index contributed by atoms with van der Waals surface area (Å²) in [6.07, 6.45) is 4.63. The van der Waals surface area contributed by atoms with E-state index < -0.39 is 29.1 Å². The number of hydrogen-bond acceptors (Lipinski definition) is 4. The monoisotopic (exact) mass is 548 g/mol. The number of aryl methyl sites for hydroxylation is 2. The zero-order chi connectivity index (χ0) is 28.3. The predicted octanol–water partition coefficient (Wildman–Crippen LogP) is 6.56. The molecule has 1 unspecified atom stereocenters. The number of pyridine rings is 1. The van der Waals surface area contributed by atoms with Crippen LogP contribution in [0.2, 0.25) is 0 Å². The van der Waals surface area contributed by atoms with Crippen LogP contribution < -0.4 is 0 Å². The van der Waals surface area contributed by atoms with Gasteiger partial charge in [0.05, 0.1) is 51.3 Å². The summed E-state index contributed by atoms with van der Waals surface area (Å²) in [4.78, 5) is 9.13. The molecule has 3 aromatic heterocycles. The van der Waals surface area contributed by atoms with Crippen molar-refractivity contribution in [3.05, 3.63) is 83.2 Å². The van der Waals surface area contributed by atoms with Crippen molar-refractivity contribution in [2.45, 2.75) is 45.3 Å². The molecule has 0 amide bonds. The fourth-order valence-corrected chi connectivity index (χ4v) is 6.10. The molecule has 0 radical (unpaired) electrons. The predicted molar refractivity (Wildman–Crippen MR) is 147 cm³/mol. The van der Waals surface area contributed by atoms with Crippen LogP contribution in [0.15, 0.2) is 48.9 Å². The van der Waals surface area contributed by atoms with Crippen molar-refractivity contribution in [2.24, 2.45) is 13.0 Å². The Hall–Kier alpha value is -3.69. The van der Waals surface area contributed by atoms with Gasteiger partial charge in [-0.3, -0.25) is 4.98 Å². The van der Waals surface area contributed by atoms with Gasteiger partial charge in [-0.1, -0.05) is 12.1 Å². The van der Waals surface area contributed by atoms with Crippen LogP contribution in [0.1, 0.15) is 49.6 Å². The number of benzene rings is 2. The lowest BCUT2D eigenvalue weighted by Crippen LogP contribution is -2.28. The van der Waals surface area contributed by atoms with Crippen molar-refractivity contribution in [2.75, 3.05) is 13.2 Å². The minimum atomic E-state index is -1.33. The summed E-state index contributed by atoms with van der Waals surface area (Å²) in [6, 6.07) is 8.48. The number of hydrogen-bond donors (Lipinski definition) is 1. The molecule has 1 saturated heterocycles. The van der Waals surface area contributed by atoms with E-state index in [0.717, 1.165) is 23.0 Å². The van der Waals surface area contributed by atoms with Gasteiger partial charge in [0.1, 0.15) is 5.82 Å². The molecule has 1 fully saturated rings. The van der Waals surface area contributed by atoms with Crippen LogP contribution in [0, 0.1) is 30.3 Å². The molecule has 40 heavy (non-hydrogen) atoms. The third kappa shape index (κ3) is 4.28. The molecule has 6 nitrogen and oxygen atoms in total. The van der Waals surface area contributed by atoms with Crippen LogP contribution in [-0.4, -0.2) is 37.4 Å². The number of fused-ring (bicyclic) bond motifs is 3. The molecule has 0 spiro atoms. The Morgan fingerprint density at radius 1 is 1.02 bits per heavy atom. The molecule has 1 N–H and O–H groups in total. The Kier molecular flexibility index (Phi) is 6.46. The molecule has 6 rings (SSSR count). The second-order valence-electron chi connectivity index (χ2n) is 11.2. The van der Waals surface area contributed by atoms with Crippen molar-refractivity contribution in [1.29, 1.82) is 0 Å². The molecule has 2 aromatic carbocycles. The average molecular weight is 549 g/mol. The SMILES string of the molecule is Cc1ncn(C)c1-c1cnc2c3c(F)cc(C(C)(C)O)cc3n(C(c3cccc(F)c3F)C3CCOCC3)c2c1. The summed E-state index contributed by atoms with van der Waals surface area (Å²) >= 11 is 0. The highest BCUT2D eigenvalue weighted by Crippen LogP contribution is 2.43. The first-order valence-electron chi connectivity index (χ1n) is 13.4. The smallest absolute Gasteiger partial charge is 0.164 e. The van der Waals surface area contributed by atoms with Gasteiger partial charge >= 0.3 is 0 Å². The molecule has 0 aliphatic carbocycles. The molecule has 9 heteroatoms. The Labute approximate surface area is 230 Å². The third-order valence-corrected chi connectivity index (χ3v) is 8.08. The number of ether oxygens (including phenoxy) is 1. The van der Waals surface area contributed by atoms with E-state index in [2.05, 4.69) is 4.98 Å². The van der Waals surface area contributed by atoms with Crippen LogP contribution in [0.5, 0.6) is 0 Å². The Morgan fingerprint density at radius 2 is 1.77 bits per heavy atom. The van der Waals surface area contributed by atoms with E-state index in [1.807, 2.05) is 29.2 Å². The lowest BCUT2D eigenvalue weighted by molar-refractivity contribution is 0.0547. The molecule has 0 saturated carbocycles. The Bertz CT molecular complexity index is 1730. The van der Waals surface area contributed by atoms with Gasteiger partial charge in [0.25, 0.3) is 0 Å². The highest BCUT2D eigenvalue weighted by atomic mass is 19.2. The van der Waals surface area contributed by atoms with Crippen molar-refractivity contribution in [3.63, 3.8) is 0 Å². The van der Waals surface area contributed by atoms with E-state index in [4.69, 9.17) is 9.72 Å². The quantitative estimate of drug-likeness (QED) is 0.270. The molecule has 1 aliphatic heterocycles. The maximum atomic E-state index is 15.9. The van der Waals surface area contributed by atoms with Gasteiger partial charge in [0.15, 0.2) is 11.6 Å². The second-order valence-corrected chi connectivity index (χ2v) is 11.2. The average Bonchev–Trinajstić information content (AvgIpc) is 3.43. The second kappa shape index (κ2) is 9.74. The van der Waals surface area contributed by atoms with Gasteiger partial charge in [-0.05, 0) is 69.4 Å². The van der Waals surface area contributed by atoms with Crippen LogP contribution in [0.3, 0.4) is 0 Å². The van der Waals surface area contributed by atoms with Crippen LogP contribution in [0.25, 0.3) is 33.2 Å². The number of aliphatic hydroxyl groups is 1. The van der Waals surface area contributed by atoms with Gasteiger partial charge in [-0.15, -0.1) is 0 Å². The van der Waals surface area contributed by atoms with Crippen molar-refractivity contribution in [1.82, 2.24) is 19.1 Å². The summed E-state index contributed by atoms with van der Waals surface area (Å²) in [5.74, 6) is -2.54. The van der Waals surface area contributed by atoms with E-state index in [1.54, 1.807) is 38.5 Å². The molecule has 0 bridgehead atoms. The standard InChI is InChI=1S/C31H31F3N4O2/c1-17-29(37(4)16-36-17)19-12-25-28(35-15-19)26-23(33)13-20(31(2,3)39)14-24(26)38(25)30(18-8-10-40-11-9-18)21-6-5-7-22(32)27(21)34/h5-7,12-16,18,30,39H,8-11H2,1-4H3. The minimum absolute atomic E-state index is 0.125. The minimum Gasteiger partial charge on any atom is -0.386 e. The number of imidazole rings is 1. The normalized spacial score (nSPS) is 15.8. The summed E-state index contributed by atoms with van der Waals surface area (Å²) in [6.45, 7) is 6.04. The topological polar surface area (TPSA) is 65.1 Å². The van der Waals surface area contributed by atoms with E-state index in [-0.39, 0.29) is 16.9 Å². The van der Waals surface area contributed by atoms with Gasteiger partial charge in [0, 0.05) is 37.6 Å². The van der Waals surface area contributed by atoms with E-state index in [9.17, 15) is 9.50 Å². The number of nitrogens with zero attached hydrogens (tertiary/aromatic N) is 4. The van der Waals surface area contributed by atoms with E-state index in [0.29, 0.717) is 48.2 Å². The molecular weight excluding hydrogens is 517 g/mol. The first-order chi connectivity index (χ1) is 19.1. The zero-order valence-corrected chi connectivity index (χ0v) is 22.9. The zero-order valence-electron chi connectivity index (χ0n) is 22.9. The largest absolute Gasteiger partial charge is 0.386 e. The fraction of sp³-hybridized carbons (Fsp3) is 0.355. The molecular formula is C31H31F3N4O2. The van der Waals surface area contributed by atoms with E-state index >= 15 is 8.78 Å². The van der Waals surface area contributed by atoms with Gasteiger partial charge in [-0.2, -0.15) is 0 Å².